The van der Waals surface area contributed by atoms with Crippen LogP contribution in [0.15, 0.2) is 40.9 Å². The number of nitrogens with one attached hydrogen (secondary N) is 1. The van der Waals surface area contributed by atoms with E-state index >= 15 is 0 Å². The monoisotopic (exact) mass is 347 g/mol. The van der Waals surface area contributed by atoms with Crippen molar-refractivity contribution in [2.24, 2.45) is 0 Å². The molecule has 0 amide bonds. The molecule has 3 heteroatoms. The van der Waals surface area contributed by atoms with Gasteiger partial charge in [0.05, 0.1) is 0 Å². The van der Waals surface area contributed by atoms with Crippen LogP contribution in [0.25, 0.3) is 0 Å². The normalized spacial score (nSPS) is 10.7. The van der Waals surface area contributed by atoms with Gasteiger partial charge in [-0.1, -0.05) is 35.0 Å². The van der Waals surface area contributed by atoms with Gasteiger partial charge in [0.1, 0.15) is 11.5 Å². The summed E-state index contributed by atoms with van der Waals surface area (Å²) in [7, 11) is 0. The molecule has 0 aliphatic heterocycles. The van der Waals surface area contributed by atoms with E-state index in [1.807, 2.05) is 12.1 Å². The second kappa shape index (κ2) is 7.62. The Morgan fingerprint density at radius 2 is 1.76 bits per heavy atom. The minimum atomic E-state index is 0.878. The van der Waals surface area contributed by atoms with Crippen molar-refractivity contribution < 1.29 is 4.74 Å². The molecule has 0 bridgehead atoms. The molecule has 0 saturated carbocycles. The third-order valence-corrected chi connectivity index (χ3v) is 4.55. The van der Waals surface area contributed by atoms with Gasteiger partial charge >= 0.3 is 0 Å². The number of aryl methyl sites for hydroxylation is 2. The van der Waals surface area contributed by atoms with E-state index in [1.54, 1.807) is 0 Å². The van der Waals surface area contributed by atoms with E-state index < -0.39 is 0 Å². The molecule has 0 atom stereocenters. The summed E-state index contributed by atoms with van der Waals surface area (Å²) >= 11 is 3.58. The number of ether oxygens (including phenoxy) is 1. The van der Waals surface area contributed by atoms with Crippen LogP contribution in [0.4, 0.5) is 0 Å². The molecule has 0 fully saturated rings. The summed E-state index contributed by atoms with van der Waals surface area (Å²) in [6.45, 7) is 8.24. The Kier molecular flexibility index (Phi) is 5.83. The lowest BCUT2D eigenvalue weighted by atomic mass is 10.1. The summed E-state index contributed by atoms with van der Waals surface area (Å²) in [5, 5.41) is 3.41. The van der Waals surface area contributed by atoms with Crippen LogP contribution >= 0.6 is 15.9 Å². The van der Waals surface area contributed by atoms with Crippen LogP contribution in [-0.4, -0.2) is 6.54 Å². The van der Waals surface area contributed by atoms with Crippen molar-refractivity contribution in [3.05, 3.63) is 57.6 Å². The van der Waals surface area contributed by atoms with Gasteiger partial charge in [-0.15, -0.1) is 0 Å². The zero-order chi connectivity index (χ0) is 15.2. The van der Waals surface area contributed by atoms with Gasteiger partial charge in [0.25, 0.3) is 0 Å². The lowest BCUT2D eigenvalue weighted by molar-refractivity contribution is 0.480. The first-order valence-electron chi connectivity index (χ1n) is 7.34. The van der Waals surface area contributed by atoms with E-state index in [0.29, 0.717) is 0 Å². The van der Waals surface area contributed by atoms with E-state index in [9.17, 15) is 0 Å². The quantitative estimate of drug-likeness (QED) is 0.710. The maximum absolute atomic E-state index is 5.99. The highest BCUT2D eigenvalue weighted by atomic mass is 79.9. The molecule has 0 aliphatic rings. The Hall–Kier alpha value is -1.32. The maximum atomic E-state index is 5.99. The van der Waals surface area contributed by atoms with E-state index in [-0.39, 0.29) is 0 Å². The summed E-state index contributed by atoms with van der Waals surface area (Å²) in [6, 6.07) is 12.4. The fourth-order valence-electron chi connectivity index (χ4n) is 2.23. The lowest BCUT2D eigenvalue weighted by Crippen LogP contribution is -2.13. The molecular formula is C18H22BrNO. The summed E-state index contributed by atoms with van der Waals surface area (Å²) in [5.41, 5.74) is 3.61. The molecule has 1 N–H and O–H groups in total. The van der Waals surface area contributed by atoms with Crippen molar-refractivity contribution in [2.75, 3.05) is 6.54 Å². The number of benzene rings is 2. The van der Waals surface area contributed by atoms with Gasteiger partial charge in [0.15, 0.2) is 0 Å². The van der Waals surface area contributed by atoms with Gasteiger partial charge in [0, 0.05) is 11.0 Å². The molecule has 0 spiro atoms. The Morgan fingerprint density at radius 1 is 1.05 bits per heavy atom. The molecule has 2 nitrogen and oxygen atoms in total. The molecule has 112 valence electrons. The fraction of sp³-hybridized carbons (Fsp3) is 0.333. The van der Waals surface area contributed by atoms with Gasteiger partial charge in [-0.3, -0.25) is 0 Å². The van der Waals surface area contributed by atoms with E-state index in [0.717, 1.165) is 35.5 Å². The van der Waals surface area contributed by atoms with Gasteiger partial charge in [0.2, 0.25) is 0 Å². The van der Waals surface area contributed by atoms with Crippen molar-refractivity contribution in [3.63, 3.8) is 0 Å². The molecular weight excluding hydrogens is 326 g/mol. The number of rotatable bonds is 6. The first-order valence-corrected chi connectivity index (χ1v) is 8.13. The van der Waals surface area contributed by atoms with Crippen LogP contribution in [0.1, 0.15) is 30.0 Å². The first-order chi connectivity index (χ1) is 10.1. The van der Waals surface area contributed by atoms with Gasteiger partial charge in [-0.2, -0.15) is 0 Å². The van der Waals surface area contributed by atoms with Crippen molar-refractivity contribution in [1.29, 1.82) is 0 Å². The Labute approximate surface area is 135 Å². The highest BCUT2D eigenvalue weighted by molar-refractivity contribution is 9.10. The second-order valence-corrected chi connectivity index (χ2v) is 6.09. The minimum Gasteiger partial charge on any atom is -0.457 e. The average molecular weight is 348 g/mol. The first kappa shape index (κ1) is 16.1. The maximum Gasteiger partial charge on any atom is 0.128 e. The Morgan fingerprint density at radius 3 is 2.43 bits per heavy atom. The number of halogens is 1. The minimum absolute atomic E-state index is 0.878. The summed E-state index contributed by atoms with van der Waals surface area (Å²) in [6.07, 6.45) is 1.15. The van der Waals surface area contributed by atoms with Crippen LogP contribution in [0.3, 0.4) is 0 Å². The van der Waals surface area contributed by atoms with Gasteiger partial charge < -0.3 is 10.1 Å². The smallest absolute Gasteiger partial charge is 0.128 e. The van der Waals surface area contributed by atoms with Crippen molar-refractivity contribution in [2.45, 2.75) is 33.7 Å². The number of hydrogen-bond donors (Lipinski definition) is 1. The molecule has 0 aliphatic carbocycles. The summed E-state index contributed by atoms with van der Waals surface area (Å²) in [5.74, 6) is 1.76. The second-order valence-electron chi connectivity index (χ2n) is 5.30. The predicted octanol–water partition coefficient (Wildman–Crippen LogP) is 5.36. The van der Waals surface area contributed by atoms with E-state index in [4.69, 9.17) is 4.74 Å². The van der Waals surface area contributed by atoms with Crippen LogP contribution in [0.5, 0.6) is 11.5 Å². The highest BCUT2D eigenvalue weighted by Crippen LogP contribution is 2.29. The molecule has 21 heavy (non-hydrogen) atoms. The lowest BCUT2D eigenvalue weighted by Gasteiger charge is -2.11. The largest absolute Gasteiger partial charge is 0.457 e. The van der Waals surface area contributed by atoms with Crippen molar-refractivity contribution >= 4 is 15.9 Å². The third-order valence-electron chi connectivity index (χ3n) is 3.30. The van der Waals surface area contributed by atoms with E-state index in [1.165, 1.54) is 16.7 Å². The number of hydrogen-bond acceptors (Lipinski definition) is 2. The summed E-state index contributed by atoms with van der Waals surface area (Å²) in [4.78, 5) is 0. The Balaban J connectivity index is 2.11. The topological polar surface area (TPSA) is 21.3 Å². The highest BCUT2D eigenvalue weighted by Gasteiger charge is 2.05. The zero-order valence-corrected chi connectivity index (χ0v) is 14.5. The predicted molar refractivity (Wildman–Crippen MR) is 92.1 cm³/mol. The van der Waals surface area contributed by atoms with Crippen molar-refractivity contribution in [3.8, 4) is 11.5 Å². The van der Waals surface area contributed by atoms with Crippen LogP contribution < -0.4 is 10.1 Å². The SMILES string of the molecule is CCCNCc1cccc(Oc2cc(C)c(Br)c(C)c2)c1. The van der Waals surface area contributed by atoms with E-state index in [2.05, 4.69) is 66.3 Å². The molecule has 0 heterocycles. The van der Waals surface area contributed by atoms with Gasteiger partial charge in [-0.25, -0.2) is 0 Å². The fourth-order valence-corrected chi connectivity index (χ4v) is 2.46. The van der Waals surface area contributed by atoms with Crippen molar-refractivity contribution in [1.82, 2.24) is 5.32 Å². The molecule has 0 aromatic heterocycles. The molecule has 2 aromatic carbocycles. The van der Waals surface area contributed by atoms with Crippen LogP contribution in [-0.2, 0) is 6.54 Å². The molecule has 2 rings (SSSR count). The standard InChI is InChI=1S/C18H22BrNO/c1-4-8-20-12-15-6-5-7-16(11-15)21-17-9-13(2)18(19)14(3)10-17/h5-7,9-11,20H,4,8,12H2,1-3H3. The molecule has 2 aromatic rings. The molecule has 0 unspecified atom stereocenters. The van der Waals surface area contributed by atoms with Crippen LogP contribution in [0.2, 0.25) is 0 Å². The zero-order valence-electron chi connectivity index (χ0n) is 12.9. The third kappa shape index (κ3) is 4.58. The summed E-state index contributed by atoms with van der Waals surface area (Å²) < 4.78 is 7.14. The Bertz CT molecular complexity index is 587. The van der Waals surface area contributed by atoms with Crippen LogP contribution in [0, 0.1) is 13.8 Å². The van der Waals surface area contributed by atoms with Gasteiger partial charge in [-0.05, 0) is 67.8 Å². The average Bonchev–Trinajstić information content (AvgIpc) is 2.45. The molecule has 0 radical (unpaired) electrons. The molecule has 0 saturated heterocycles.